The third-order valence-corrected chi connectivity index (χ3v) is 4.23. The number of benzene rings is 1. The lowest BCUT2D eigenvalue weighted by molar-refractivity contribution is 0.0744. The normalized spacial score (nSPS) is 14.5. The molecule has 1 aromatic carbocycles. The number of nitrogens with zero attached hydrogens (tertiary/aromatic N) is 4. The second-order valence-electron chi connectivity index (χ2n) is 5.68. The molecule has 1 amide bonds. The van der Waals surface area contributed by atoms with E-state index >= 15 is 0 Å². The molecule has 2 heterocycles. The van der Waals surface area contributed by atoms with Crippen LogP contribution in [0.1, 0.15) is 23.2 Å². The summed E-state index contributed by atoms with van der Waals surface area (Å²) in [5, 5.41) is 8.04. The zero-order valence-electron chi connectivity index (χ0n) is 14.7. The van der Waals surface area contributed by atoms with Gasteiger partial charge in [-0.1, -0.05) is 12.0 Å². The van der Waals surface area contributed by atoms with Crippen LogP contribution < -0.4 is 14.4 Å². The molecular weight excluding hydrogens is 324 g/mol. The molecule has 2 aromatic rings. The van der Waals surface area contributed by atoms with Crippen LogP contribution in [0, 0.1) is 0 Å². The Hall–Kier alpha value is -2.77. The van der Waals surface area contributed by atoms with Gasteiger partial charge in [0.1, 0.15) is 0 Å². The summed E-state index contributed by atoms with van der Waals surface area (Å²) in [6, 6.07) is 5.73. The first-order valence-electron chi connectivity index (χ1n) is 8.25. The van der Waals surface area contributed by atoms with E-state index in [2.05, 4.69) is 10.2 Å². The van der Waals surface area contributed by atoms with Crippen molar-refractivity contribution in [2.75, 3.05) is 45.3 Å². The standard InChI is InChI=1S/C17H22N4O4/c1-4-15-18-19-17(25-15)21-9-7-20(8-10-21)16(22)12-5-6-13(23-2)14(11-12)24-3/h5-6,11H,4,7-10H2,1-3H3. The summed E-state index contributed by atoms with van der Waals surface area (Å²) in [7, 11) is 3.12. The summed E-state index contributed by atoms with van der Waals surface area (Å²) in [6.45, 7) is 4.47. The molecule has 0 atom stereocenters. The molecule has 3 rings (SSSR count). The van der Waals surface area contributed by atoms with Crippen molar-refractivity contribution in [3.63, 3.8) is 0 Å². The zero-order chi connectivity index (χ0) is 17.8. The van der Waals surface area contributed by atoms with E-state index in [4.69, 9.17) is 13.9 Å². The number of carbonyl (C=O) groups excluding carboxylic acids is 1. The third-order valence-electron chi connectivity index (χ3n) is 4.23. The Morgan fingerprint density at radius 1 is 1.12 bits per heavy atom. The van der Waals surface area contributed by atoms with E-state index in [0.717, 1.165) is 0 Å². The number of anilines is 1. The van der Waals surface area contributed by atoms with Gasteiger partial charge in [-0.15, -0.1) is 5.10 Å². The number of aromatic nitrogens is 2. The lowest BCUT2D eigenvalue weighted by Gasteiger charge is -2.33. The first kappa shape index (κ1) is 17.1. The molecule has 134 valence electrons. The van der Waals surface area contributed by atoms with Gasteiger partial charge >= 0.3 is 6.01 Å². The minimum atomic E-state index is -0.0274. The van der Waals surface area contributed by atoms with Crippen LogP contribution in [0.3, 0.4) is 0 Å². The Morgan fingerprint density at radius 3 is 2.44 bits per heavy atom. The van der Waals surface area contributed by atoms with E-state index in [0.29, 0.717) is 61.6 Å². The van der Waals surface area contributed by atoms with Crippen LogP contribution in [0.4, 0.5) is 6.01 Å². The summed E-state index contributed by atoms with van der Waals surface area (Å²) >= 11 is 0. The van der Waals surface area contributed by atoms with E-state index in [-0.39, 0.29) is 5.91 Å². The minimum Gasteiger partial charge on any atom is -0.493 e. The van der Waals surface area contributed by atoms with Crippen LogP contribution in [0.2, 0.25) is 0 Å². The van der Waals surface area contributed by atoms with Crippen LogP contribution >= 0.6 is 0 Å². The highest BCUT2D eigenvalue weighted by Gasteiger charge is 2.25. The van der Waals surface area contributed by atoms with Crippen molar-refractivity contribution in [2.45, 2.75) is 13.3 Å². The van der Waals surface area contributed by atoms with Crippen molar-refractivity contribution in [3.8, 4) is 11.5 Å². The fourth-order valence-electron chi connectivity index (χ4n) is 2.77. The molecule has 25 heavy (non-hydrogen) atoms. The van der Waals surface area contributed by atoms with Crippen molar-refractivity contribution in [2.24, 2.45) is 0 Å². The SMILES string of the molecule is CCc1nnc(N2CCN(C(=O)c3ccc(OC)c(OC)c3)CC2)o1. The number of ether oxygens (including phenoxy) is 2. The molecule has 1 fully saturated rings. The first-order valence-corrected chi connectivity index (χ1v) is 8.25. The summed E-state index contributed by atoms with van der Waals surface area (Å²) in [6.07, 6.45) is 0.713. The highest BCUT2D eigenvalue weighted by molar-refractivity contribution is 5.95. The number of aryl methyl sites for hydroxylation is 1. The van der Waals surface area contributed by atoms with Gasteiger partial charge in [0.05, 0.1) is 14.2 Å². The summed E-state index contributed by atoms with van der Waals surface area (Å²) in [5.41, 5.74) is 0.581. The number of methoxy groups -OCH3 is 2. The molecule has 0 saturated carbocycles. The van der Waals surface area contributed by atoms with E-state index < -0.39 is 0 Å². The predicted molar refractivity (Wildman–Crippen MR) is 91.3 cm³/mol. The maximum Gasteiger partial charge on any atom is 0.318 e. The Labute approximate surface area is 146 Å². The van der Waals surface area contributed by atoms with Gasteiger partial charge in [0, 0.05) is 38.2 Å². The number of carbonyl (C=O) groups is 1. The van der Waals surface area contributed by atoms with Crippen LogP contribution in [0.5, 0.6) is 11.5 Å². The topological polar surface area (TPSA) is 80.9 Å². The Bertz CT molecular complexity index is 738. The fraction of sp³-hybridized carbons (Fsp3) is 0.471. The number of hydrogen-bond donors (Lipinski definition) is 0. The molecule has 8 nitrogen and oxygen atoms in total. The molecule has 0 N–H and O–H groups in total. The van der Waals surface area contributed by atoms with Crippen LogP contribution in [-0.4, -0.2) is 61.4 Å². The summed E-state index contributed by atoms with van der Waals surface area (Å²) in [4.78, 5) is 16.5. The number of piperazine rings is 1. The molecule has 0 bridgehead atoms. The van der Waals surface area contributed by atoms with Gasteiger partial charge < -0.3 is 23.7 Å². The van der Waals surface area contributed by atoms with Crippen molar-refractivity contribution < 1.29 is 18.7 Å². The van der Waals surface area contributed by atoms with Crippen molar-refractivity contribution in [1.29, 1.82) is 0 Å². The van der Waals surface area contributed by atoms with Gasteiger partial charge in [0.15, 0.2) is 11.5 Å². The monoisotopic (exact) mass is 346 g/mol. The van der Waals surface area contributed by atoms with Crippen LogP contribution in [0.25, 0.3) is 0 Å². The predicted octanol–water partition coefficient (Wildman–Crippen LogP) is 1.61. The lowest BCUT2D eigenvalue weighted by Crippen LogP contribution is -2.49. The molecular formula is C17H22N4O4. The third kappa shape index (κ3) is 3.52. The average molecular weight is 346 g/mol. The fourth-order valence-corrected chi connectivity index (χ4v) is 2.77. The molecule has 0 aliphatic carbocycles. The highest BCUT2D eigenvalue weighted by atomic mass is 16.5. The number of amides is 1. The Morgan fingerprint density at radius 2 is 1.84 bits per heavy atom. The molecule has 0 radical (unpaired) electrons. The van der Waals surface area contributed by atoms with Gasteiger partial charge in [-0.25, -0.2) is 0 Å². The number of rotatable bonds is 5. The first-order chi connectivity index (χ1) is 12.2. The van der Waals surface area contributed by atoms with Gasteiger partial charge in [-0.05, 0) is 18.2 Å². The lowest BCUT2D eigenvalue weighted by atomic mass is 10.1. The number of hydrogen-bond acceptors (Lipinski definition) is 7. The average Bonchev–Trinajstić information content (AvgIpc) is 3.16. The highest BCUT2D eigenvalue weighted by Crippen LogP contribution is 2.28. The van der Waals surface area contributed by atoms with E-state index in [1.54, 1.807) is 32.4 Å². The van der Waals surface area contributed by atoms with Gasteiger partial charge in [-0.3, -0.25) is 4.79 Å². The molecule has 1 aromatic heterocycles. The van der Waals surface area contributed by atoms with E-state index in [1.165, 1.54) is 0 Å². The van der Waals surface area contributed by atoms with Crippen LogP contribution in [0.15, 0.2) is 22.6 Å². The van der Waals surface area contributed by atoms with Gasteiger partial charge in [0.2, 0.25) is 5.89 Å². The second-order valence-corrected chi connectivity index (χ2v) is 5.68. The molecule has 1 aliphatic rings. The second kappa shape index (κ2) is 7.42. The quantitative estimate of drug-likeness (QED) is 0.813. The smallest absolute Gasteiger partial charge is 0.318 e. The molecule has 1 saturated heterocycles. The minimum absolute atomic E-state index is 0.0274. The van der Waals surface area contributed by atoms with Crippen molar-refractivity contribution in [3.05, 3.63) is 29.7 Å². The zero-order valence-corrected chi connectivity index (χ0v) is 14.7. The molecule has 0 spiro atoms. The largest absolute Gasteiger partial charge is 0.493 e. The van der Waals surface area contributed by atoms with Gasteiger partial charge in [0.25, 0.3) is 5.91 Å². The maximum absolute atomic E-state index is 12.7. The van der Waals surface area contributed by atoms with E-state index in [1.807, 2.05) is 16.7 Å². The van der Waals surface area contributed by atoms with Crippen LogP contribution in [-0.2, 0) is 6.42 Å². The summed E-state index contributed by atoms with van der Waals surface area (Å²) < 4.78 is 16.1. The van der Waals surface area contributed by atoms with Gasteiger partial charge in [-0.2, -0.15) is 0 Å². The van der Waals surface area contributed by atoms with Crippen molar-refractivity contribution in [1.82, 2.24) is 15.1 Å². The molecule has 8 heteroatoms. The maximum atomic E-state index is 12.7. The molecule has 0 unspecified atom stereocenters. The van der Waals surface area contributed by atoms with E-state index in [9.17, 15) is 4.79 Å². The molecule has 1 aliphatic heterocycles. The Balaban J connectivity index is 1.65. The summed E-state index contributed by atoms with van der Waals surface area (Å²) in [5.74, 6) is 1.75. The van der Waals surface area contributed by atoms with Crippen molar-refractivity contribution >= 4 is 11.9 Å². The Kier molecular flexibility index (Phi) is 5.06.